The van der Waals surface area contributed by atoms with E-state index >= 15 is 0 Å². The van der Waals surface area contributed by atoms with E-state index in [1.54, 1.807) is 0 Å². The molecule has 0 aliphatic carbocycles. The lowest BCUT2D eigenvalue weighted by Crippen LogP contribution is -2.63. The molecule has 0 radical (unpaired) electrons. The number of hydrogen-bond acceptors (Lipinski definition) is 2. The number of nitrogens with zero attached hydrogens (tertiary/aromatic N) is 1. The van der Waals surface area contributed by atoms with Crippen LogP contribution in [0.2, 0.25) is 0 Å². The zero-order valence-corrected chi connectivity index (χ0v) is 9.07. The van der Waals surface area contributed by atoms with E-state index in [2.05, 4.69) is 38.1 Å². The van der Waals surface area contributed by atoms with Crippen LogP contribution in [0.1, 0.15) is 47.0 Å². The van der Waals surface area contributed by atoms with Gasteiger partial charge in [0.2, 0.25) is 0 Å². The third-order valence-electron chi connectivity index (χ3n) is 3.01. The molecule has 12 heavy (non-hydrogen) atoms. The lowest BCUT2D eigenvalue weighted by Gasteiger charge is -2.52. The molecule has 1 N–H and O–H groups in total. The summed E-state index contributed by atoms with van der Waals surface area (Å²) < 4.78 is 0. The molecule has 0 aromatic heterocycles. The van der Waals surface area contributed by atoms with Gasteiger partial charge in [0.25, 0.3) is 0 Å². The van der Waals surface area contributed by atoms with Gasteiger partial charge in [0, 0.05) is 11.1 Å². The van der Waals surface area contributed by atoms with E-state index in [1.165, 1.54) is 19.3 Å². The third-order valence-corrected chi connectivity index (χ3v) is 3.01. The second-order valence-corrected chi connectivity index (χ2v) is 5.04. The first-order valence-electron chi connectivity index (χ1n) is 4.88. The van der Waals surface area contributed by atoms with Gasteiger partial charge in [-0.3, -0.25) is 5.43 Å². The van der Waals surface area contributed by atoms with Gasteiger partial charge in [-0.15, -0.1) is 0 Å². The summed E-state index contributed by atoms with van der Waals surface area (Å²) in [6, 6.07) is 0. The third kappa shape index (κ3) is 1.64. The van der Waals surface area contributed by atoms with E-state index in [-0.39, 0.29) is 0 Å². The van der Waals surface area contributed by atoms with Crippen LogP contribution in [-0.4, -0.2) is 23.1 Å². The van der Waals surface area contributed by atoms with Crippen LogP contribution in [0.15, 0.2) is 0 Å². The number of rotatable bonds is 1. The van der Waals surface area contributed by atoms with Gasteiger partial charge >= 0.3 is 0 Å². The minimum absolute atomic E-state index is 0.302. The fraction of sp³-hybridized carbons (Fsp3) is 1.00. The number of piperidine rings is 1. The molecule has 0 bridgehead atoms. The number of hydrazine groups is 1. The Morgan fingerprint density at radius 2 is 1.42 bits per heavy atom. The molecule has 0 saturated carbocycles. The van der Waals surface area contributed by atoms with Crippen LogP contribution < -0.4 is 5.43 Å². The SMILES string of the molecule is CNN1C(C)(C)CCCC1(C)C. The van der Waals surface area contributed by atoms with Crippen LogP contribution in [0.4, 0.5) is 0 Å². The Hall–Kier alpha value is -0.0800. The summed E-state index contributed by atoms with van der Waals surface area (Å²) in [4.78, 5) is 0. The van der Waals surface area contributed by atoms with Gasteiger partial charge < -0.3 is 0 Å². The predicted molar refractivity (Wildman–Crippen MR) is 52.9 cm³/mol. The molecule has 0 amide bonds. The molecule has 1 aliphatic heterocycles. The van der Waals surface area contributed by atoms with Crippen molar-refractivity contribution in [2.45, 2.75) is 58.0 Å². The van der Waals surface area contributed by atoms with Gasteiger partial charge in [0.1, 0.15) is 0 Å². The highest BCUT2D eigenvalue weighted by atomic mass is 15.6. The average molecular weight is 170 g/mol. The normalized spacial score (nSPS) is 28.8. The molecule has 1 saturated heterocycles. The lowest BCUT2D eigenvalue weighted by molar-refractivity contribution is -0.0629. The standard InChI is InChI=1S/C10H22N2/c1-9(2)7-6-8-10(3,4)12(9)11-5/h11H,6-8H2,1-5H3. The summed E-state index contributed by atoms with van der Waals surface area (Å²) >= 11 is 0. The summed E-state index contributed by atoms with van der Waals surface area (Å²) in [7, 11) is 2.02. The highest BCUT2D eigenvalue weighted by Crippen LogP contribution is 2.35. The van der Waals surface area contributed by atoms with Crippen molar-refractivity contribution in [3.8, 4) is 0 Å². The Morgan fingerprint density at radius 3 is 1.67 bits per heavy atom. The largest absolute Gasteiger partial charge is 0.257 e. The summed E-state index contributed by atoms with van der Waals surface area (Å²) in [5, 5.41) is 2.39. The van der Waals surface area contributed by atoms with Gasteiger partial charge in [-0.25, -0.2) is 5.01 Å². The summed E-state index contributed by atoms with van der Waals surface area (Å²) in [6.45, 7) is 9.24. The predicted octanol–water partition coefficient (Wildman–Crippen LogP) is 2.16. The second-order valence-electron chi connectivity index (χ2n) is 5.04. The maximum absolute atomic E-state index is 3.32. The first-order valence-corrected chi connectivity index (χ1v) is 4.88. The van der Waals surface area contributed by atoms with Crippen LogP contribution in [-0.2, 0) is 0 Å². The Balaban J connectivity index is 2.81. The van der Waals surface area contributed by atoms with E-state index in [4.69, 9.17) is 0 Å². The van der Waals surface area contributed by atoms with E-state index in [1.807, 2.05) is 7.05 Å². The van der Waals surface area contributed by atoms with Gasteiger partial charge in [-0.05, 0) is 54.0 Å². The first-order chi connectivity index (χ1) is 5.40. The van der Waals surface area contributed by atoms with E-state index in [9.17, 15) is 0 Å². The highest BCUT2D eigenvalue weighted by Gasteiger charge is 2.40. The second kappa shape index (κ2) is 3.00. The molecule has 72 valence electrons. The molecular weight excluding hydrogens is 148 g/mol. The van der Waals surface area contributed by atoms with E-state index < -0.39 is 0 Å². The lowest BCUT2D eigenvalue weighted by atomic mass is 9.82. The smallest absolute Gasteiger partial charge is 0.0303 e. The van der Waals surface area contributed by atoms with Crippen molar-refractivity contribution < 1.29 is 0 Å². The van der Waals surface area contributed by atoms with Crippen molar-refractivity contribution in [1.82, 2.24) is 10.4 Å². The van der Waals surface area contributed by atoms with Crippen LogP contribution in [0.5, 0.6) is 0 Å². The Bertz CT molecular complexity index is 145. The van der Waals surface area contributed by atoms with Gasteiger partial charge in [0.15, 0.2) is 0 Å². The monoisotopic (exact) mass is 170 g/mol. The molecule has 0 atom stereocenters. The maximum Gasteiger partial charge on any atom is 0.0303 e. The molecule has 0 unspecified atom stereocenters. The topological polar surface area (TPSA) is 15.3 Å². The molecule has 0 aromatic rings. The average Bonchev–Trinajstić information content (AvgIpc) is 1.83. The fourth-order valence-electron chi connectivity index (χ4n) is 2.60. The molecule has 0 spiro atoms. The van der Waals surface area contributed by atoms with Crippen molar-refractivity contribution in [2.24, 2.45) is 0 Å². The van der Waals surface area contributed by atoms with E-state index in [0.29, 0.717) is 11.1 Å². The highest BCUT2D eigenvalue weighted by molar-refractivity contribution is 4.94. The maximum atomic E-state index is 3.32. The zero-order chi connectivity index (χ0) is 9.41. The van der Waals surface area contributed by atoms with E-state index in [0.717, 1.165) is 0 Å². The van der Waals surface area contributed by atoms with Gasteiger partial charge in [-0.2, -0.15) is 0 Å². The molecule has 1 aliphatic rings. The summed E-state index contributed by atoms with van der Waals surface area (Å²) in [6.07, 6.45) is 3.92. The molecule has 1 rings (SSSR count). The van der Waals surface area contributed by atoms with Crippen molar-refractivity contribution in [1.29, 1.82) is 0 Å². The van der Waals surface area contributed by atoms with Gasteiger partial charge in [-0.1, -0.05) is 0 Å². The zero-order valence-electron chi connectivity index (χ0n) is 9.07. The Morgan fingerprint density at radius 1 is 1.00 bits per heavy atom. The molecule has 2 nitrogen and oxygen atoms in total. The fourth-order valence-corrected chi connectivity index (χ4v) is 2.60. The van der Waals surface area contributed by atoms with Gasteiger partial charge in [0.05, 0.1) is 0 Å². The van der Waals surface area contributed by atoms with Crippen LogP contribution >= 0.6 is 0 Å². The molecule has 2 heteroatoms. The van der Waals surface area contributed by atoms with Crippen LogP contribution in [0.25, 0.3) is 0 Å². The number of nitrogens with one attached hydrogen (secondary N) is 1. The van der Waals surface area contributed by atoms with Crippen molar-refractivity contribution >= 4 is 0 Å². The molecule has 1 fully saturated rings. The Kier molecular flexibility index (Phi) is 2.50. The molecule has 0 aromatic carbocycles. The summed E-state index contributed by atoms with van der Waals surface area (Å²) in [5.41, 5.74) is 3.92. The van der Waals surface area contributed by atoms with Crippen molar-refractivity contribution in [3.63, 3.8) is 0 Å². The first kappa shape index (κ1) is 10.0. The molecule has 1 heterocycles. The van der Waals surface area contributed by atoms with Crippen molar-refractivity contribution in [2.75, 3.05) is 7.05 Å². The quantitative estimate of drug-likeness (QED) is 0.649. The number of hydrogen-bond donors (Lipinski definition) is 1. The Labute approximate surface area is 76.3 Å². The van der Waals surface area contributed by atoms with Crippen LogP contribution in [0.3, 0.4) is 0 Å². The van der Waals surface area contributed by atoms with Crippen molar-refractivity contribution in [3.05, 3.63) is 0 Å². The minimum Gasteiger partial charge on any atom is -0.257 e. The molecular formula is C10H22N2. The minimum atomic E-state index is 0.302. The van der Waals surface area contributed by atoms with Crippen LogP contribution in [0, 0.1) is 0 Å². The summed E-state index contributed by atoms with van der Waals surface area (Å²) in [5.74, 6) is 0.